The molecule has 0 heterocycles. The van der Waals surface area contributed by atoms with Crippen molar-refractivity contribution >= 4 is 14.3 Å². The number of carbonyl (C=O) groups is 1. The van der Waals surface area contributed by atoms with E-state index in [4.69, 9.17) is 9.16 Å². The molecule has 0 fully saturated rings. The Bertz CT molecular complexity index is 222. The van der Waals surface area contributed by atoms with E-state index in [9.17, 15) is 4.79 Å². The zero-order chi connectivity index (χ0) is 11.9. The Morgan fingerprint density at radius 3 is 2.33 bits per heavy atom. The first-order chi connectivity index (χ1) is 7.01. The Hall–Kier alpha value is -0.613. The zero-order valence-electron chi connectivity index (χ0n) is 10.3. The SMILES string of the molecule is C=C(C)C(=O)OC[Si](CC)(CCC)OC. The molecule has 88 valence electrons. The van der Waals surface area contributed by atoms with Crippen LogP contribution in [0.2, 0.25) is 12.1 Å². The van der Waals surface area contributed by atoms with Gasteiger partial charge in [-0.25, -0.2) is 4.79 Å². The molecule has 1 atom stereocenters. The van der Waals surface area contributed by atoms with Crippen LogP contribution in [-0.2, 0) is 14.0 Å². The molecule has 0 saturated heterocycles. The minimum absolute atomic E-state index is 0.312. The van der Waals surface area contributed by atoms with Crippen LogP contribution in [0, 0.1) is 0 Å². The van der Waals surface area contributed by atoms with Crippen molar-refractivity contribution in [2.24, 2.45) is 0 Å². The summed E-state index contributed by atoms with van der Waals surface area (Å²) in [6, 6.07) is 2.00. The van der Waals surface area contributed by atoms with Crippen LogP contribution < -0.4 is 0 Å². The molecule has 0 N–H and O–H groups in total. The predicted octanol–water partition coefficient (Wildman–Crippen LogP) is 2.67. The minimum atomic E-state index is -1.84. The van der Waals surface area contributed by atoms with Crippen LogP contribution in [0.1, 0.15) is 27.2 Å². The van der Waals surface area contributed by atoms with Crippen LogP contribution in [0.25, 0.3) is 0 Å². The molecular weight excluding hydrogens is 208 g/mol. The summed E-state index contributed by atoms with van der Waals surface area (Å²) in [5.41, 5.74) is 0.446. The molecule has 3 nitrogen and oxygen atoms in total. The predicted molar refractivity (Wildman–Crippen MR) is 64.1 cm³/mol. The third-order valence-corrected chi connectivity index (χ3v) is 6.83. The van der Waals surface area contributed by atoms with Crippen molar-refractivity contribution in [2.75, 3.05) is 13.3 Å². The lowest BCUT2D eigenvalue weighted by atomic mass is 10.4. The minimum Gasteiger partial charge on any atom is -0.463 e. The fourth-order valence-electron chi connectivity index (χ4n) is 1.43. The molecule has 0 rings (SSSR count). The van der Waals surface area contributed by atoms with Crippen molar-refractivity contribution < 1.29 is 14.0 Å². The highest BCUT2D eigenvalue weighted by Crippen LogP contribution is 2.19. The van der Waals surface area contributed by atoms with E-state index in [1.54, 1.807) is 14.0 Å². The lowest BCUT2D eigenvalue weighted by Gasteiger charge is -2.27. The second-order valence-electron chi connectivity index (χ2n) is 3.85. The van der Waals surface area contributed by atoms with Gasteiger partial charge >= 0.3 is 5.97 Å². The molecule has 0 aliphatic carbocycles. The summed E-state index contributed by atoms with van der Waals surface area (Å²) in [7, 11) is -0.114. The van der Waals surface area contributed by atoms with Crippen LogP contribution in [0.15, 0.2) is 12.2 Å². The van der Waals surface area contributed by atoms with Crippen LogP contribution >= 0.6 is 0 Å². The molecule has 0 aromatic heterocycles. The Labute approximate surface area is 93.6 Å². The maximum atomic E-state index is 11.3. The van der Waals surface area contributed by atoms with Crippen LogP contribution in [0.5, 0.6) is 0 Å². The number of carbonyl (C=O) groups excluding carboxylic acids is 1. The molecule has 0 aliphatic rings. The van der Waals surface area contributed by atoms with Gasteiger partial charge in [-0.15, -0.1) is 0 Å². The molecule has 0 radical (unpaired) electrons. The number of rotatable bonds is 7. The molecule has 0 bridgehead atoms. The van der Waals surface area contributed by atoms with E-state index in [0.29, 0.717) is 11.8 Å². The molecule has 1 unspecified atom stereocenters. The molecule has 0 spiro atoms. The molecule has 0 saturated carbocycles. The lowest BCUT2D eigenvalue weighted by Crippen LogP contribution is -2.42. The highest BCUT2D eigenvalue weighted by molar-refractivity contribution is 6.73. The fraction of sp³-hybridized carbons (Fsp3) is 0.727. The Balaban J connectivity index is 4.28. The Morgan fingerprint density at radius 2 is 2.00 bits per heavy atom. The van der Waals surface area contributed by atoms with Crippen molar-refractivity contribution in [3.63, 3.8) is 0 Å². The first kappa shape index (κ1) is 14.4. The van der Waals surface area contributed by atoms with E-state index < -0.39 is 8.32 Å². The standard InChI is InChI=1S/C11H22O3Si/c1-6-8-15(7-2,13-5)9-14-11(12)10(3)4/h3,6-9H2,1-2,4-5H3. The van der Waals surface area contributed by atoms with Crippen LogP contribution in [-0.4, -0.2) is 27.6 Å². The largest absolute Gasteiger partial charge is 0.463 e. The van der Waals surface area contributed by atoms with Gasteiger partial charge in [-0.3, -0.25) is 0 Å². The lowest BCUT2D eigenvalue weighted by molar-refractivity contribution is -0.137. The van der Waals surface area contributed by atoms with Crippen molar-refractivity contribution in [1.29, 1.82) is 0 Å². The normalized spacial score (nSPS) is 14.4. The molecule has 4 heteroatoms. The van der Waals surface area contributed by atoms with E-state index in [-0.39, 0.29) is 5.97 Å². The average Bonchev–Trinajstić information content (AvgIpc) is 2.23. The van der Waals surface area contributed by atoms with E-state index >= 15 is 0 Å². The number of ether oxygens (including phenoxy) is 1. The van der Waals surface area contributed by atoms with Gasteiger partial charge in [-0.2, -0.15) is 0 Å². The molecule has 0 amide bonds. The summed E-state index contributed by atoms with van der Waals surface area (Å²) in [4.78, 5) is 11.3. The van der Waals surface area contributed by atoms with Gasteiger partial charge in [0, 0.05) is 12.7 Å². The van der Waals surface area contributed by atoms with Crippen molar-refractivity contribution in [2.45, 2.75) is 39.3 Å². The maximum absolute atomic E-state index is 11.3. The Kier molecular flexibility index (Phi) is 6.52. The maximum Gasteiger partial charge on any atom is 0.332 e. The summed E-state index contributed by atoms with van der Waals surface area (Å²) >= 11 is 0. The summed E-state index contributed by atoms with van der Waals surface area (Å²) in [5, 5.41) is 0. The fourth-order valence-corrected chi connectivity index (χ4v) is 4.05. The van der Waals surface area contributed by atoms with Crippen molar-refractivity contribution in [3.8, 4) is 0 Å². The monoisotopic (exact) mass is 230 g/mol. The van der Waals surface area contributed by atoms with Gasteiger partial charge in [0.1, 0.15) is 6.23 Å². The summed E-state index contributed by atoms with van der Waals surface area (Å²) in [5.74, 6) is -0.312. The van der Waals surface area contributed by atoms with E-state index in [1.807, 2.05) is 0 Å². The first-order valence-corrected chi connectivity index (χ1v) is 7.92. The highest BCUT2D eigenvalue weighted by Gasteiger charge is 2.32. The zero-order valence-corrected chi connectivity index (χ0v) is 11.3. The molecule has 0 aliphatic heterocycles. The van der Waals surface area contributed by atoms with Gasteiger partial charge in [0.2, 0.25) is 8.32 Å². The molecule has 15 heavy (non-hydrogen) atoms. The quantitative estimate of drug-likeness (QED) is 0.383. The number of hydrogen-bond acceptors (Lipinski definition) is 3. The van der Waals surface area contributed by atoms with Gasteiger partial charge in [0.25, 0.3) is 0 Å². The summed E-state index contributed by atoms with van der Waals surface area (Å²) in [6.45, 7) is 9.43. The Morgan fingerprint density at radius 1 is 1.40 bits per heavy atom. The third kappa shape index (κ3) is 4.62. The second kappa shape index (κ2) is 6.79. The second-order valence-corrected chi connectivity index (χ2v) is 8.12. The van der Waals surface area contributed by atoms with Crippen molar-refractivity contribution in [3.05, 3.63) is 12.2 Å². The third-order valence-electron chi connectivity index (χ3n) is 2.60. The highest BCUT2D eigenvalue weighted by atomic mass is 28.4. The van der Waals surface area contributed by atoms with Crippen LogP contribution in [0.4, 0.5) is 0 Å². The molecular formula is C11H22O3Si. The van der Waals surface area contributed by atoms with Gasteiger partial charge in [-0.1, -0.05) is 26.8 Å². The van der Waals surface area contributed by atoms with E-state index in [1.165, 1.54) is 0 Å². The smallest absolute Gasteiger partial charge is 0.332 e. The van der Waals surface area contributed by atoms with Gasteiger partial charge in [0.15, 0.2) is 0 Å². The van der Waals surface area contributed by atoms with Gasteiger partial charge in [-0.05, 0) is 19.0 Å². The molecule has 0 aromatic carbocycles. The number of hydrogen-bond donors (Lipinski definition) is 0. The molecule has 0 aromatic rings. The van der Waals surface area contributed by atoms with Crippen molar-refractivity contribution in [1.82, 2.24) is 0 Å². The van der Waals surface area contributed by atoms with E-state index in [2.05, 4.69) is 20.4 Å². The summed E-state index contributed by atoms with van der Waals surface area (Å²) < 4.78 is 10.8. The van der Waals surface area contributed by atoms with E-state index in [0.717, 1.165) is 18.5 Å². The van der Waals surface area contributed by atoms with Gasteiger partial charge in [0.05, 0.1) is 0 Å². The topological polar surface area (TPSA) is 35.5 Å². The van der Waals surface area contributed by atoms with Crippen LogP contribution in [0.3, 0.4) is 0 Å². The average molecular weight is 230 g/mol. The first-order valence-electron chi connectivity index (χ1n) is 5.39. The number of esters is 1. The van der Waals surface area contributed by atoms with Gasteiger partial charge < -0.3 is 9.16 Å². The summed E-state index contributed by atoms with van der Waals surface area (Å²) in [6.07, 6.45) is 1.51.